The predicted octanol–water partition coefficient (Wildman–Crippen LogP) is 3.19. The lowest BCUT2D eigenvalue weighted by atomic mass is 9.85. The van der Waals surface area contributed by atoms with Crippen molar-refractivity contribution in [2.75, 3.05) is 30.9 Å². The average Bonchev–Trinajstić information content (AvgIpc) is 2.64. The zero-order valence-corrected chi connectivity index (χ0v) is 16.1. The van der Waals surface area contributed by atoms with E-state index in [1.807, 2.05) is 56.3 Å². The standard InChI is InChI=1S/C21H23N3O3/c1-12-8-19-16(13(2)20(25)21(26)24(19)5)10-15(12)17-9-14(11-22-27)6-7-18(17)23(3)4/h6-11,13,27H,1-5H3. The first-order valence-corrected chi connectivity index (χ1v) is 8.72. The molecule has 0 bridgehead atoms. The molecular formula is C21H23N3O3. The number of anilines is 2. The molecule has 1 atom stereocenters. The van der Waals surface area contributed by atoms with Gasteiger partial charge in [-0.25, -0.2) is 0 Å². The highest BCUT2D eigenvalue weighted by molar-refractivity contribution is 6.44. The maximum Gasteiger partial charge on any atom is 0.294 e. The van der Waals surface area contributed by atoms with Gasteiger partial charge in [-0.2, -0.15) is 0 Å². The van der Waals surface area contributed by atoms with Crippen LogP contribution < -0.4 is 9.80 Å². The Hall–Kier alpha value is -3.15. The molecule has 1 aliphatic heterocycles. The molecule has 1 unspecified atom stereocenters. The average molecular weight is 365 g/mol. The van der Waals surface area contributed by atoms with Gasteiger partial charge in [0.05, 0.1) is 12.1 Å². The number of oxime groups is 1. The second-order valence-electron chi connectivity index (χ2n) is 7.09. The number of carbonyl (C=O) groups is 2. The van der Waals surface area contributed by atoms with Crippen LogP contribution in [-0.4, -0.2) is 44.3 Å². The molecule has 6 nitrogen and oxygen atoms in total. The number of rotatable bonds is 3. The van der Waals surface area contributed by atoms with Gasteiger partial charge < -0.3 is 15.0 Å². The topological polar surface area (TPSA) is 73.2 Å². The number of likely N-dealkylation sites (N-methyl/N-ethyl adjacent to an activating group) is 1. The van der Waals surface area contributed by atoms with Crippen LogP contribution in [0.3, 0.4) is 0 Å². The van der Waals surface area contributed by atoms with E-state index < -0.39 is 17.6 Å². The molecule has 6 heteroatoms. The smallest absolute Gasteiger partial charge is 0.294 e. The Kier molecular flexibility index (Phi) is 4.74. The maximum atomic E-state index is 12.3. The van der Waals surface area contributed by atoms with E-state index in [2.05, 4.69) is 5.16 Å². The number of Topliss-reactive ketones (excluding diaryl/α,β-unsaturated/α-hetero) is 1. The lowest BCUT2D eigenvalue weighted by molar-refractivity contribution is -0.137. The van der Waals surface area contributed by atoms with Crippen molar-refractivity contribution in [2.24, 2.45) is 5.16 Å². The van der Waals surface area contributed by atoms with Crippen LogP contribution in [0.1, 0.15) is 29.5 Å². The zero-order valence-electron chi connectivity index (χ0n) is 16.1. The van der Waals surface area contributed by atoms with Gasteiger partial charge in [-0.05, 0) is 53.4 Å². The summed E-state index contributed by atoms with van der Waals surface area (Å²) in [6, 6.07) is 9.75. The molecule has 2 aromatic rings. The van der Waals surface area contributed by atoms with Gasteiger partial charge in [0.1, 0.15) is 0 Å². The lowest BCUT2D eigenvalue weighted by Gasteiger charge is -2.30. The Morgan fingerprint density at radius 2 is 1.85 bits per heavy atom. The quantitative estimate of drug-likeness (QED) is 0.392. The SMILES string of the molecule is Cc1cc2c(cc1-c1cc(C=NO)ccc1N(C)C)C(C)C(=O)C(=O)N2C. The molecule has 1 heterocycles. The first-order valence-electron chi connectivity index (χ1n) is 8.72. The summed E-state index contributed by atoms with van der Waals surface area (Å²) in [5.41, 5.74) is 6.33. The van der Waals surface area contributed by atoms with Crippen molar-refractivity contribution in [1.82, 2.24) is 0 Å². The molecule has 1 amide bonds. The number of fused-ring (bicyclic) bond motifs is 1. The van der Waals surface area contributed by atoms with Crippen LogP contribution >= 0.6 is 0 Å². The second kappa shape index (κ2) is 6.87. The second-order valence-corrected chi connectivity index (χ2v) is 7.09. The van der Waals surface area contributed by atoms with Crippen LogP contribution in [0.25, 0.3) is 11.1 Å². The van der Waals surface area contributed by atoms with Gasteiger partial charge in [-0.15, -0.1) is 0 Å². The number of hydrogen-bond acceptors (Lipinski definition) is 5. The maximum absolute atomic E-state index is 12.3. The van der Waals surface area contributed by atoms with E-state index in [9.17, 15) is 9.59 Å². The van der Waals surface area contributed by atoms with Gasteiger partial charge >= 0.3 is 0 Å². The Morgan fingerprint density at radius 1 is 1.15 bits per heavy atom. The van der Waals surface area contributed by atoms with E-state index in [4.69, 9.17) is 5.21 Å². The molecule has 0 saturated heterocycles. The van der Waals surface area contributed by atoms with E-state index in [-0.39, 0.29) is 0 Å². The molecule has 0 aliphatic carbocycles. The molecule has 0 fully saturated rings. The number of aryl methyl sites for hydroxylation is 1. The fourth-order valence-electron chi connectivity index (χ4n) is 3.54. The molecule has 1 aliphatic rings. The molecule has 0 spiro atoms. The van der Waals surface area contributed by atoms with Crippen molar-refractivity contribution in [2.45, 2.75) is 19.8 Å². The molecule has 27 heavy (non-hydrogen) atoms. The minimum absolute atomic E-state index is 0.395. The third kappa shape index (κ3) is 3.07. The third-order valence-electron chi connectivity index (χ3n) is 5.11. The van der Waals surface area contributed by atoms with E-state index in [0.717, 1.165) is 39.2 Å². The largest absolute Gasteiger partial charge is 0.411 e. The normalized spacial score (nSPS) is 16.8. The molecule has 140 valence electrons. The highest BCUT2D eigenvalue weighted by atomic mass is 16.4. The number of nitrogens with zero attached hydrogens (tertiary/aromatic N) is 3. The Bertz CT molecular complexity index is 963. The molecule has 2 aromatic carbocycles. The van der Waals surface area contributed by atoms with Gasteiger partial charge in [-0.1, -0.05) is 18.1 Å². The van der Waals surface area contributed by atoms with Crippen LogP contribution in [0, 0.1) is 6.92 Å². The van der Waals surface area contributed by atoms with Crippen molar-refractivity contribution < 1.29 is 14.8 Å². The molecule has 3 rings (SSSR count). The summed E-state index contributed by atoms with van der Waals surface area (Å²) in [7, 11) is 5.56. The van der Waals surface area contributed by atoms with E-state index in [0.29, 0.717) is 0 Å². The molecule has 1 N–H and O–H groups in total. The van der Waals surface area contributed by atoms with Crippen molar-refractivity contribution in [1.29, 1.82) is 0 Å². The Labute approximate surface area is 158 Å². The summed E-state index contributed by atoms with van der Waals surface area (Å²) in [5.74, 6) is -1.35. The van der Waals surface area contributed by atoms with E-state index in [1.54, 1.807) is 14.0 Å². The summed E-state index contributed by atoms with van der Waals surface area (Å²) in [4.78, 5) is 27.9. The Balaban J connectivity index is 2.26. The summed E-state index contributed by atoms with van der Waals surface area (Å²) < 4.78 is 0. The van der Waals surface area contributed by atoms with Gasteiger partial charge in [0.15, 0.2) is 0 Å². The van der Waals surface area contributed by atoms with Crippen LogP contribution in [0.4, 0.5) is 11.4 Å². The molecule has 0 radical (unpaired) electrons. The molecule has 0 aromatic heterocycles. The van der Waals surface area contributed by atoms with Gasteiger partial charge in [0.2, 0.25) is 5.78 Å². The van der Waals surface area contributed by atoms with Crippen LogP contribution in [-0.2, 0) is 9.59 Å². The van der Waals surface area contributed by atoms with Gasteiger partial charge in [0.25, 0.3) is 5.91 Å². The summed E-state index contributed by atoms with van der Waals surface area (Å²) in [6.07, 6.45) is 1.38. The fraction of sp³-hybridized carbons (Fsp3) is 0.286. The van der Waals surface area contributed by atoms with E-state index in [1.165, 1.54) is 11.1 Å². The van der Waals surface area contributed by atoms with Crippen LogP contribution in [0.15, 0.2) is 35.5 Å². The highest BCUT2D eigenvalue weighted by Crippen LogP contribution is 2.40. The van der Waals surface area contributed by atoms with E-state index >= 15 is 0 Å². The lowest BCUT2D eigenvalue weighted by Crippen LogP contribution is -2.40. The van der Waals surface area contributed by atoms with Crippen molar-refractivity contribution in [3.63, 3.8) is 0 Å². The Morgan fingerprint density at radius 3 is 2.48 bits per heavy atom. The zero-order chi connectivity index (χ0) is 19.9. The number of amides is 1. The van der Waals surface area contributed by atoms with Crippen LogP contribution in [0.5, 0.6) is 0 Å². The molecular weight excluding hydrogens is 342 g/mol. The first-order chi connectivity index (χ1) is 12.8. The number of benzene rings is 2. The third-order valence-corrected chi connectivity index (χ3v) is 5.11. The highest BCUT2D eigenvalue weighted by Gasteiger charge is 2.35. The summed E-state index contributed by atoms with van der Waals surface area (Å²) >= 11 is 0. The predicted molar refractivity (Wildman–Crippen MR) is 107 cm³/mol. The van der Waals surface area contributed by atoms with Gasteiger partial charge in [-0.3, -0.25) is 9.59 Å². The van der Waals surface area contributed by atoms with Crippen molar-refractivity contribution in [3.8, 4) is 11.1 Å². The summed E-state index contributed by atoms with van der Waals surface area (Å²) in [5, 5.41) is 12.0. The minimum atomic E-state index is -0.479. The number of hydrogen-bond donors (Lipinski definition) is 1. The first kappa shape index (κ1) is 18.6. The van der Waals surface area contributed by atoms with Crippen molar-refractivity contribution >= 4 is 29.3 Å². The fourth-order valence-corrected chi connectivity index (χ4v) is 3.54. The monoisotopic (exact) mass is 365 g/mol. The number of carbonyl (C=O) groups excluding carboxylic acids is 2. The summed E-state index contributed by atoms with van der Waals surface area (Å²) in [6.45, 7) is 3.76. The van der Waals surface area contributed by atoms with Crippen LogP contribution in [0.2, 0.25) is 0 Å². The minimum Gasteiger partial charge on any atom is -0.411 e. The molecule has 0 saturated carbocycles. The van der Waals surface area contributed by atoms with Crippen molar-refractivity contribution in [3.05, 3.63) is 47.0 Å². The van der Waals surface area contributed by atoms with Gasteiger partial charge in [0, 0.05) is 38.1 Å². The number of ketones is 1.